The predicted molar refractivity (Wildman–Crippen MR) is 45.7 cm³/mol. The largest absolute Gasteiger partial charge is 0.463 e. The van der Waals surface area contributed by atoms with Crippen LogP contribution in [0.2, 0.25) is 0 Å². The predicted octanol–water partition coefficient (Wildman–Crippen LogP) is -0.312. The minimum Gasteiger partial charge on any atom is -0.463 e. The number of hydrogen-bond acceptors (Lipinski definition) is 4. The lowest BCUT2D eigenvalue weighted by molar-refractivity contribution is -0.138. The number of esters is 1. The molecule has 4 nitrogen and oxygen atoms in total. The fourth-order valence-electron chi connectivity index (χ4n) is 0.624. The van der Waals surface area contributed by atoms with Crippen LogP contribution in [0.1, 0.15) is 6.92 Å². The van der Waals surface area contributed by atoms with Crippen molar-refractivity contribution in [3.8, 4) is 0 Å². The third-order valence-electron chi connectivity index (χ3n) is 1.19. The van der Waals surface area contributed by atoms with Crippen molar-refractivity contribution >= 4 is 5.97 Å². The molecule has 0 aromatic rings. The van der Waals surface area contributed by atoms with E-state index in [1.54, 1.807) is 6.92 Å². The van der Waals surface area contributed by atoms with E-state index in [1.165, 1.54) is 0 Å². The van der Waals surface area contributed by atoms with Crippen LogP contribution in [-0.2, 0) is 9.53 Å². The Morgan fingerprint density at radius 3 is 2.83 bits per heavy atom. The maximum absolute atomic E-state index is 10.9. The number of hydrogen-bond donors (Lipinski definition) is 2. The second-order valence-corrected chi connectivity index (χ2v) is 2.22. The summed E-state index contributed by atoms with van der Waals surface area (Å²) in [5, 5.41) is 11.2. The third kappa shape index (κ3) is 4.87. The van der Waals surface area contributed by atoms with E-state index < -0.39 is 0 Å². The minimum absolute atomic E-state index is 0.0517. The van der Waals surface area contributed by atoms with Gasteiger partial charge in [-0.3, -0.25) is 0 Å². The number of rotatable bonds is 6. The molecule has 4 heteroatoms. The molecule has 0 heterocycles. The summed E-state index contributed by atoms with van der Waals surface area (Å²) in [4.78, 5) is 10.9. The van der Waals surface area contributed by atoms with Gasteiger partial charge >= 0.3 is 5.97 Å². The van der Waals surface area contributed by atoms with Crippen LogP contribution in [0.3, 0.4) is 0 Å². The molecule has 0 rings (SSSR count). The standard InChI is InChI=1S/C8H15NO3/c1-3-12-8(11)7(2)6-9-4-5-10/h9-10H,2-6H2,1H3. The van der Waals surface area contributed by atoms with Gasteiger partial charge in [-0.1, -0.05) is 6.58 Å². The van der Waals surface area contributed by atoms with E-state index in [1.807, 2.05) is 0 Å². The summed E-state index contributed by atoms with van der Waals surface area (Å²) in [6, 6.07) is 0. The van der Waals surface area contributed by atoms with E-state index >= 15 is 0 Å². The summed E-state index contributed by atoms with van der Waals surface area (Å²) in [6.45, 7) is 6.50. The first-order chi connectivity index (χ1) is 5.72. The first kappa shape index (κ1) is 11.1. The Hall–Kier alpha value is -0.870. The molecule has 0 spiro atoms. The summed E-state index contributed by atoms with van der Waals surface area (Å²) in [5.74, 6) is -0.386. The lowest BCUT2D eigenvalue weighted by atomic mass is 10.3. The molecule has 0 aliphatic carbocycles. The van der Waals surface area contributed by atoms with Crippen LogP contribution >= 0.6 is 0 Å². The Morgan fingerprint density at radius 1 is 1.67 bits per heavy atom. The van der Waals surface area contributed by atoms with Crippen molar-refractivity contribution in [1.29, 1.82) is 0 Å². The SMILES string of the molecule is C=C(CNCCO)C(=O)OCC. The second kappa shape index (κ2) is 6.82. The van der Waals surface area contributed by atoms with Gasteiger partial charge < -0.3 is 15.2 Å². The van der Waals surface area contributed by atoms with Crippen LogP contribution < -0.4 is 5.32 Å². The normalized spacial score (nSPS) is 9.50. The highest BCUT2D eigenvalue weighted by Crippen LogP contribution is 1.91. The van der Waals surface area contributed by atoms with Gasteiger partial charge in [-0.05, 0) is 6.92 Å². The molecular weight excluding hydrogens is 158 g/mol. The first-order valence-electron chi connectivity index (χ1n) is 3.88. The van der Waals surface area contributed by atoms with Gasteiger partial charge in [0.2, 0.25) is 0 Å². The van der Waals surface area contributed by atoms with Gasteiger partial charge in [0.05, 0.1) is 13.2 Å². The fourth-order valence-corrected chi connectivity index (χ4v) is 0.624. The maximum atomic E-state index is 10.9. The topological polar surface area (TPSA) is 58.6 Å². The molecule has 0 unspecified atom stereocenters. The molecule has 2 N–H and O–H groups in total. The Bertz CT molecular complexity index is 156. The molecule has 12 heavy (non-hydrogen) atoms. The van der Waals surface area contributed by atoms with Crippen molar-refractivity contribution < 1.29 is 14.6 Å². The number of carbonyl (C=O) groups is 1. The molecule has 0 bridgehead atoms. The van der Waals surface area contributed by atoms with Crippen LogP contribution in [0.4, 0.5) is 0 Å². The van der Waals surface area contributed by atoms with Gasteiger partial charge in [0.25, 0.3) is 0 Å². The molecule has 0 amide bonds. The summed E-state index contributed by atoms with van der Waals surface area (Å²) < 4.78 is 4.69. The monoisotopic (exact) mass is 173 g/mol. The van der Waals surface area contributed by atoms with Crippen molar-refractivity contribution in [3.63, 3.8) is 0 Å². The minimum atomic E-state index is -0.386. The molecule has 0 saturated heterocycles. The lowest BCUT2D eigenvalue weighted by Gasteiger charge is -2.05. The van der Waals surface area contributed by atoms with Crippen LogP contribution in [0.25, 0.3) is 0 Å². The summed E-state index contributed by atoms with van der Waals surface area (Å²) in [6.07, 6.45) is 0. The summed E-state index contributed by atoms with van der Waals surface area (Å²) in [5.41, 5.74) is 0.380. The van der Waals surface area contributed by atoms with Crippen LogP contribution in [0, 0.1) is 0 Å². The second-order valence-electron chi connectivity index (χ2n) is 2.22. The smallest absolute Gasteiger partial charge is 0.334 e. The fraction of sp³-hybridized carbons (Fsp3) is 0.625. The molecule has 0 aliphatic rings. The third-order valence-corrected chi connectivity index (χ3v) is 1.19. The highest BCUT2D eigenvalue weighted by Gasteiger charge is 2.05. The van der Waals surface area contributed by atoms with E-state index in [4.69, 9.17) is 9.84 Å². The number of aliphatic hydroxyl groups excluding tert-OH is 1. The molecule has 0 saturated carbocycles. The van der Waals surface area contributed by atoms with Crippen molar-refractivity contribution in [3.05, 3.63) is 12.2 Å². The maximum Gasteiger partial charge on any atom is 0.334 e. The zero-order valence-electron chi connectivity index (χ0n) is 7.30. The highest BCUT2D eigenvalue weighted by atomic mass is 16.5. The average Bonchev–Trinajstić information content (AvgIpc) is 2.05. The van der Waals surface area contributed by atoms with Crippen LogP contribution in [-0.4, -0.2) is 37.4 Å². The first-order valence-corrected chi connectivity index (χ1v) is 3.88. The van der Waals surface area contributed by atoms with E-state index in [0.717, 1.165) is 0 Å². The molecule has 0 radical (unpaired) electrons. The van der Waals surface area contributed by atoms with Gasteiger partial charge in [-0.2, -0.15) is 0 Å². The van der Waals surface area contributed by atoms with Crippen molar-refractivity contribution in [1.82, 2.24) is 5.32 Å². The van der Waals surface area contributed by atoms with E-state index in [9.17, 15) is 4.79 Å². The Balaban J connectivity index is 3.50. The average molecular weight is 173 g/mol. The number of nitrogens with one attached hydrogen (secondary N) is 1. The van der Waals surface area contributed by atoms with Gasteiger partial charge in [0.1, 0.15) is 0 Å². The molecular formula is C8H15NO3. The van der Waals surface area contributed by atoms with E-state index in [0.29, 0.717) is 25.3 Å². The molecule has 0 aliphatic heterocycles. The molecule has 0 aromatic carbocycles. The summed E-state index contributed by atoms with van der Waals surface area (Å²) in [7, 11) is 0. The molecule has 0 atom stereocenters. The van der Waals surface area contributed by atoms with E-state index in [-0.39, 0.29) is 12.6 Å². The van der Waals surface area contributed by atoms with Gasteiger partial charge in [0, 0.05) is 18.7 Å². The summed E-state index contributed by atoms with van der Waals surface area (Å²) >= 11 is 0. The Morgan fingerprint density at radius 2 is 2.33 bits per heavy atom. The Labute approximate surface area is 72.2 Å². The van der Waals surface area contributed by atoms with E-state index in [2.05, 4.69) is 11.9 Å². The van der Waals surface area contributed by atoms with Crippen LogP contribution in [0.5, 0.6) is 0 Å². The lowest BCUT2D eigenvalue weighted by Crippen LogP contribution is -2.24. The van der Waals surface area contributed by atoms with Crippen molar-refractivity contribution in [2.75, 3.05) is 26.3 Å². The van der Waals surface area contributed by atoms with Crippen molar-refractivity contribution in [2.45, 2.75) is 6.92 Å². The van der Waals surface area contributed by atoms with Crippen molar-refractivity contribution in [2.24, 2.45) is 0 Å². The Kier molecular flexibility index (Phi) is 6.32. The highest BCUT2D eigenvalue weighted by molar-refractivity contribution is 5.88. The zero-order chi connectivity index (χ0) is 9.40. The zero-order valence-corrected chi connectivity index (χ0v) is 7.30. The molecule has 70 valence electrons. The number of ether oxygens (including phenoxy) is 1. The number of aliphatic hydroxyl groups is 1. The van der Waals surface area contributed by atoms with Gasteiger partial charge in [-0.25, -0.2) is 4.79 Å². The number of carbonyl (C=O) groups excluding carboxylic acids is 1. The molecule has 0 fully saturated rings. The van der Waals surface area contributed by atoms with Gasteiger partial charge in [-0.15, -0.1) is 0 Å². The quantitative estimate of drug-likeness (QED) is 0.328. The van der Waals surface area contributed by atoms with Gasteiger partial charge in [0.15, 0.2) is 0 Å². The van der Waals surface area contributed by atoms with Crippen LogP contribution in [0.15, 0.2) is 12.2 Å². The molecule has 0 aromatic heterocycles.